The van der Waals surface area contributed by atoms with E-state index in [0.29, 0.717) is 29.9 Å². The number of amides is 1. The second-order valence-electron chi connectivity index (χ2n) is 7.29. The van der Waals surface area contributed by atoms with E-state index in [1.165, 1.54) is 20.0 Å². The quantitative estimate of drug-likeness (QED) is 0.647. The first-order valence-electron chi connectivity index (χ1n) is 8.33. The topological polar surface area (TPSA) is 109 Å². The van der Waals surface area contributed by atoms with Crippen LogP contribution in [0.15, 0.2) is 24.7 Å². The smallest absolute Gasteiger partial charge is 0.256 e. The second kappa shape index (κ2) is 5.60. The molecule has 1 fully saturated rings. The zero-order chi connectivity index (χ0) is 18.5. The number of hydrogen-bond acceptors (Lipinski definition) is 5. The minimum atomic E-state index is -1.41. The Bertz CT molecular complexity index is 983. The van der Waals surface area contributed by atoms with E-state index in [1.807, 2.05) is 0 Å². The minimum Gasteiger partial charge on any atom is -0.380 e. The van der Waals surface area contributed by atoms with Crippen molar-refractivity contribution < 1.29 is 14.3 Å². The van der Waals surface area contributed by atoms with Crippen molar-refractivity contribution in [3.8, 4) is 11.4 Å². The highest BCUT2D eigenvalue weighted by Crippen LogP contribution is 2.37. The van der Waals surface area contributed by atoms with Crippen LogP contribution in [0, 0.1) is 0 Å². The highest BCUT2D eigenvalue weighted by molar-refractivity contribution is 6.01. The van der Waals surface area contributed by atoms with Gasteiger partial charge in [-0.15, -0.1) is 0 Å². The molecule has 26 heavy (non-hydrogen) atoms. The maximum Gasteiger partial charge on any atom is 0.256 e. The number of hydrogen-bond donors (Lipinski definition) is 3. The third kappa shape index (κ3) is 3.05. The molecule has 0 bridgehead atoms. The number of H-pyrrole nitrogens is 1. The average Bonchev–Trinajstić information content (AvgIpc) is 3.00. The molecule has 1 amide bonds. The van der Waals surface area contributed by atoms with Gasteiger partial charge in [0.25, 0.3) is 5.91 Å². The number of carbonyl (C=O) groups excluding carboxylic acids is 1. The first kappa shape index (κ1) is 16.6. The molecule has 1 saturated carbocycles. The van der Waals surface area contributed by atoms with Gasteiger partial charge in [0.15, 0.2) is 0 Å². The molecule has 1 aliphatic carbocycles. The van der Waals surface area contributed by atoms with Crippen molar-refractivity contribution >= 4 is 22.5 Å². The maximum atomic E-state index is 14.0. The molecule has 3 N–H and O–H groups in total. The van der Waals surface area contributed by atoms with Crippen LogP contribution in [0.4, 0.5) is 10.1 Å². The predicted octanol–water partition coefficient (Wildman–Crippen LogP) is 2.03. The number of alkyl halides is 1. The van der Waals surface area contributed by atoms with E-state index in [9.17, 15) is 14.3 Å². The molecular formula is C17H19FN6O2. The fraction of sp³-hybridized carbons (Fsp3) is 0.412. The standard InChI is InChI=1S/C17H19FN6O2/c1-16(2,18)9-24-13-5-11(19-6-10(13)7-21-24)14-12(8-20-23-14)22-15(25)17(26)3-4-17/h5-8,26H,3-4,9H2,1-2H3,(H,20,23)(H,22,25). The summed E-state index contributed by atoms with van der Waals surface area (Å²) in [6.45, 7) is 3.10. The normalized spacial score (nSPS) is 16.0. The molecule has 0 atom stereocenters. The van der Waals surface area contributed by atoms with Gasteiger partial charge >= 0.3 is 0 Å². The van der Waals surface area contributed by atoms with Crippen molar-refractivity contribution in [1.29, 1.82) is 0 Å². The van der Waals surface area contributed by atoms with Crippen LogP contribution in [-0.2, 0) is 11.3 Å². The Morgan fingerprint density at radius 1 is 1.42 bits per heavy atom. The lowest BCUT2D eigenvalue weighted by atomic mass is 10.1. The lowest BCUT2D eigenvalue weighted by molar-refractivity contribution is -0.125. The summed E-state index contributed by atoms with van der Waals surface area (Å²) in [5, 5.41) is 24.4. The summed E-state index contributed by atoms with van der Waals surface area (Å²) in [6.07, 6.45) is 5.64. The highest BCUT2D eigenvalue weighted by atomic mass is 19.1. The lowest BCUT2D eigenvalue weighted by Crippen LogP contribution is -2.29. The number of aromatic amines is 1. The Labute approximate surface area is 148 Å². The molecule has 1 aliphatic rings. The highest BCUT2D eigenvalue weighted by Gasteiger charge is 2.48. The van der Waals surface area contributed by atoms with Crippen LogP contribution in [0.2, 0.25) is 0 Å². The summed E-state index contributed by atoms with van der Waals surface area (Å²) in [7, 11) is 0. The molecule has 0 aromatic carbocycles. The summed E-state index contributed by atoms with van der Waals surface area (Å²) >= 11 is 0. The maximum absolute atomic E-state index is 14.0. The summed E-state index contributed by atoms with van der Waals surface area (Å²) in [5.41, 5.74) is -0.484. The molecule has 0 saturated heterocycles. The molecule has 3 aromatic rings. The fourth-order valence-corrected chi connectivity index (χ4v) is 2.75. The van der Waals surface area contributed by atoms with E-state index in [0.717, 1.165) is 10.9 Å². The number of rotatable bonds is 5. The number of nitrogens with zero attached hydrogens (tertiary/aromatic N) is 4. The van der Waals surface area contributed by atoms with Crippen molar-refractivity contribution in [1.82, 2.24) is 25.0 Å². The van der Waals surface area contributed by atoms with Crippen LogP contribution in [0.25, 0.3) is 22.3 Å². The molecule has 0 unspecified atom stereocenters. The van der Waals surface area contributed by atoms with E-state index < -0.39 is 17.2 Å². The number of aromatic nitrogens is 5. The molecule has 0 spiro atoms. The van der Waals surface area contributed by atoms with Crippen LogP contribution >= 0.6 is 0 Å². The Kier molecular flexibility index (Phi) is 3.58. The Morgan fingerprint density at radius 2 is 2.19 bits per heavy atom. The fourth-order valence-electron chi connectivity index (χ4n) is 2.75. The molecule has 3 heterocycles. The van der Waals surface area contributed by atoms with Gasteiger partial charge < -0.3 is 10.4 Å². The van der Waals surface area contributed by atoms with E-state index in [4.69, 9.17) is 0 Å². The van der Waals surface area contributed by atoms with Gasteiger partial charge in [-0.3, -0.25) is 19.6 Å². The van der Waals surface area contributed by atoms with E-state index in [2.05, 4.69) is 25.6 Å². The molecule has 9 heteroatoms. The average molecular weight is 358 g/mol. The molecule has 8 nitrogen and oxygen atoms in total. The largest absolute Gasteiger partial charge is 0.380 e. The lowest BCUT2D eigenvalue weighted by Gasteiger charge is -2.14. The van der Waals surface area contributed by atoms with E-state index in [1.54, 1.807) is 23.1 Å². The monoisotopic (exact) mass is 358 g/mol. The molecule has 3 aromatic heterocycles. The number of anilines is 1. The zero-order valence-corrected chi connectivity index (χ0v) is 14.5. The number of fused-ring (bicyclic) bond motifs is 1. The van der Waals surface area contributed by atoms with Gasteiger partial charge in [0, 0.05) is 11.6 Å². The van der Waals surface area contributed by atoms with E-state index >= 15 is 0 Å². The van der Waals surface area contributed by atoms with Crippen LogP contribution in [0.3, 0.4) is 0 Å². The van der Waals surface area contributed by atoms with Gasteiger partial charge in [-0.1, -0.05) is 0 Å². The molecule has 0 aliphatic heterocycles. The van der Waals surface area contributed by atoms with Gasteiger partial charge in [0.1, 0.15) is 17.0 Å². The Morgan fingerprint density at radius 3 is 2.88 bits per heavy atom. The van der Waals surface area contributed by atoms with Gasteiger partial charge in [-0.25, -0.2) is 4.39 Å². The summed E-state index contributed by atoms with van der Waals surface area (Å²) in [4.78, 5) is 16.5. The van der Waals surface area contributed by atoms with Crippen LogP contribution in [0.5, 0.6) is 0 Å². The minimum absolute atomic E-state index is 0.111. The summed E-state index contributed by atoms with van der Waals surface area (Å²) < 4.78 is 15.6. The SMILES string of the molecule is CC(C)(F)Cn1ncc2cnc(-c3[nH]ncc3NC(=O)C3(O)CC3)cc21. The number of pyridine rings is 1. The van der Waals surface area contributed by atoms with Crippen LogP contribution in [-0.4, -0.2) is 47.2 Å². The molecular weight excluding hydrogens is 339 g/mol. The van der Waals surface area contributed by atoms with Gasteiger partial charge in [-0.05, 0) is 32.8 Å². The number of carbonyl (C=O) groups is 1. The van der Waals surface area contributed by atoms with Crippen molar-refractivity contribution in [2.75, 3.05) is 5.32 Å². The van der Waals surface area contributed by atoms with Crippen LogP contribution < -0.4 is 5.32 Å². The Hall–Kier alpha value is -2.81. The van der Waals surface area contributed by atoms with Crippen molar-refractivity contribution in [2.24, 2.45) is 0 Å². The number of halogens is 1. The molecule has 0 radical (unpaired) electrons. The number of aliphatic hydroxyl groups is 1. The first-order valence-corrected chi connectivity index (χ1v) is 8.33. The predicted molar refractivity (Wildman–Crippen MR) is 93.1 cm³/mol. The van der Waals surface area contributed by atoms with E-state index in [-0.39, 0.29) is 6.54 Å². The van der Waals surface area contributed by atoms with Crippen molar-refractivity contribution in [3.63, 3.8) is 0 Å². The summed E-state index contributed by atoms with van der Waals surface area (Å²) in [5.74, 6) is -0.453. The second-order valence-corrected chi connectivity index (χ2v) is 7.29. The van der Waals surface area contributed by atoms with Gasteiger partial charge in [0.2, 0.25) is 0 Å². The van der Waals surface area contributed by atoms with Gasteiger partial charge in [-0.2, -0.15) is 10.2 Å². The zero-order valence-electron chi connectivity index (χ0n) is 14.5. The van der Waals surface area contributed by atoms with Crippen molar-refractivity contribution in [3.05, 3.63) is 24.7 Å². The number of nitrogens with one attached hydrogen (secondary N) is 2. The third-order valence-corrected chi connectivity index (χ3v) is 4.34. The van der Waals surface area contributed by atoms with Crippen molar-refractivity contribution in [2.45, 2.75) is 44.5 Å². The molecule has 4 rings (SSSR count). The Balaban J connectivity index is 1.68. The third-order valence-electron chi connectivity index (χ3n) is 4.34. The van der Waals surface area contributed by atoms with Gasteiger partial charge in [0.05, 0.1) is 35.8 Å². The first-order chi connectivity index (χ1) is 12.3. The molecule has 136 valence electrons. The van der Waals surface area contributed by atoms with Crippen LogP contribution in [0.1, 0.15) is 26.7 Å². The summed E-state index contributed by atoms with van der Waals surface area (Å²) in [6, 6.07) is 1.77.